The first-order chi connectivity index (χ1) is 8.67. The lowest BCUT2D eigenvalue weighted by atomic mass is 10.0. The molecule has 96 valence electrons. The highest BCUT2D eigenvalue weighted by Crippen LogP contribution is 2.29. The molecule has 18 heavy (non-hydrogen) atoms. The minimum absolute atomic E-state index is 0.181. The molecule has 4 heteroatoms. The Morgan fingerprint density at radius 3 is 2.83 bits per heavy atom. The van der Waals surface area contributed by atoms with Gasteiger partial charge in [-0.3, -0.25) is 4.90 Å². The highest BCUT2D eigenvalue weighted by Gasteiger charge is 2.46. The van der Waals surface area contributed by atoms with Crippen molar-refractivity contribution in [2.75, 3.05) is 19.6 Å². The second-order valence-corrected chi connectivity index (χ2v) is 5.32. The minimum atomic E-state index is -0.276. The number of ether oxygens (including phenoxy) is 1. The van der Waals surface area contributed by atoms with Crippen molar-refractivity contribution in [2.45, 2.75) is 25.5 Å². The fourth-order valence-electron chi connectivity index (χ4n) is 2.67. The van der Waals surface area contributed by atoms with Crippen LogP contribution in [0.5, 0.6) is 0 Å². The van der Waals surface area contributed by atoms with Crippen molar-refractivity contribution in [2.24, 2.45) is 0 Å². The van der Waals surface area contributed by atoms with E-state index in [1.807, 2.05) is 0 Å². The van der Waals surface area contributed by atoms with E-state index in [2.05, 4.69) is 36.5 Å². The molecule has 3 rings (SSSR count). The Bertz CT molecular complexity index is 449. The van der Waals surface area contributed by atoms with Gasteiger partial charge in [-0.2, -0.15) is 0 Å². The van der Waals surface area contributed by atoms with Gasteiger partial charge in [-0.1, -0.05) is 29.8 Å². The Morgan fingerprint density at radius 2 is 2.17 bits per heavy atom. The van der Waals surface area contributed by atoms with Crippen molar-refractivity contribution < 1.29 is 9.53 Å². The molecular formula is C14H18N2O2. The fraction of sp³-hybridized carbons (Fsp3) is 0.500. The molecule has 1 spiro atoms. The zero-order valence-corrected chi connectivity index (χ0v) is 10.6. The van der Waals surface area contributed by atoms with E-state index in [-0.39, 0.29) is 11.7 Å². The summed E-state index contributed by atoms with van der Waals surface area (Å²) in [5.41, 5.74) is 2.11. The van der Waals surface area contributed by atoms with Gasteiger partial charge in [0.05, 0.1) is 6.54 Å². The van der Waals surface area contributed by atoms with Gasteiger partial charge >= 0.3 is 6.09 Å². The highest BCUT2D eigenvalue weighted by atomic mass is 16.6. The third-order valence-electron chi connectivity index (χ3n) is 3.74. The van der Waals surface area contributed by atoms with Crippen LogP contribution in [-0.2, 0) is 11.3 Å². The predicted octanol–water partition coefficient (Wildman–Crippen LogP) is 1.68. The van der Waals surface area contributed by atoms with E-state index in [9.17, 15) is 4.79 Å². The zero-order chi connectivity index (χ0) is 12.6. The monoisotopic (exact) mass is 246 g/mol. The molecular weight excluding hydrogens is 228 g/mol. The number of hydrogen-bond acceptors (Lipinski definition) is 3. The number of rotatable bonds is 2. The fourth-order valence-corrected chi connectivity index (χ4v) is 2.67. The number of nitrogens with zero attached hydrogens (tertiary/aromatic N) is 1. The van der Waals surface area contributed by atoms with Crippen molar-refractivity contribution in [1.82, 2.24) is 10.2 Å². The topological polar surface area (TPSA) is 41.6 Å². The van der Waals surface area contributed by atoms with Gasteiger partial charge in [0.1, 0.15) is 5.60 Å². The van der Waals surface area contributed by atoms with Gasteiger partial charge in [0.2, 0.25) is 0 Å². The summed E-state index contributed by atoms with van der Waals surface area (Å²) in [4.78, 5) is 13.7. The molecule has 1 unspecified atom stereocenters. The van der Waals surface area contributed by atoms with Crippen molar-refractivity contribution in [3.05, 3.63) is 35.4 Å². The summed E-state index contributed by atoms with van der Waals surface area (Å²) in [6.07, 6.45) is 0.739. The second kappa shape index (κ2) is 4.28. The van der Waals surface area contributed by atoms with Crippen LogP contribution >= 0.6 is 0 Å². The lowest BCUT2D eigenvalue weighted by Crippen LogP contribution is -2.36. The van der Waals surface area contributed by atoms with E-state index >= 15 is 0 Å². The summed E-state index contributed by atoms with van der Waals surface area (Å²) in [7, 11) is 0. The second-order valence-electron chi connectivity index (χ2n) is 5.32. The summed E-state index contributed by atoms with van der Waals surface area (Å²) in [6.45, 7) is 5.12. The molecule has 1 aromatic carbocycles. The Labute approximate surface area is 107 Å². The van der Waals surface area contributed by atoms with E-state index < -0.39 is 0 Å². The average molecular weight is 246 g/mol. The SMILES string of the molecule is Cc1ccc(CN2CC3(CCNC3)OC2=O)cc1. The van der Waals surface area contributed by atoms with E-state index in [1.165, 1.54) is 5.56 Å². The average Bonchev–Trinajstić information content (AvgIpc) is 2.91. The van der Waals surface area contributed by atoms with Gasteiger partial charge in [0.25, 0.3) is 0 Å². The maximum atomic E-state index is 11.9. The van der Waals surface area contributed by atoms with Crippen LogP contribution in [0.25, 0.3) is 0 Å². The van der Waals surface area contributed by atoms with Crippen molar-refractivity contribution >= 4 is 6.09 Å². The zero-order valence-electron chi connectivity index (χ0n) is 10.6. The smallest absolute Gasteiger partial charge is 0.410 e. The van der Waals surface area contributed by atoms with Crippen molar-refractivity contribution in [3.8, 4) is 0 Å². The first kappa shape index (κ1) is 11.5. The van der Waals surface area contributed by atoms with E-state index in [0.717, 1.165) is 25.1 Å². The van der Waals surface area contributed by atoms with Crippen LogP contribution in [0.3, 0.4) is 0 Å². The molecule has 2 aliphatic heterocycles. The van der Waals surface area contributed by atoms with Gasteiger partial charge in [-0.15, -0.1) is 0 Å². The molecule has 0 aromatic heterocycles. The van der Waals surface area contributed by atoms with Crippen LogP contribution in [0, 0.1) is 6.92 Å². The summed E-state index contributed by atoms with van der Waals surface area (Å²) >= 11 is 0. The molecule has 0 aliphatic carbocycles. The standard InChI is InChI=1S/C14H18N2O2/c1-11-2-4-12(5-3-11)8-16-10-14(18-13(16)17)6-7-15-9-14/h2-5,15H,6-10H2,1H3. The summed E-state index contributed by atoms with van der Waals surface area (Å²) < 4.78 is 5.54. The van der Waals surface area contributed by atoms with Crippen LogP contribution < -0.4 is 5.32 Å². The molecule has 2 fully saturated rings. The van der Waals surface area contributed by atoms with E-state index in [0.29, 0.717) is 13.1 Å². The normalized spacial score (nSPS) is 26.9. The largest absolute Gasteiger partial charge is 0.439 e. The van der Waals surface area contributed by atoms with Crippen LogP contribution in [-0.4, -0.2) is 36.2 Å². The van der Waals surface area contributed by atoms with Crippen LogP contribution in [0.2, 0.25) is 0 Å². The third-order valence-corrected chi connectivity index (χ3v) is 3.74. The molecule has 0 bridgehead atoms. The number of benzene rings is 1. The number of hydrogen-bond donors (Lipinski definition) is 1. The van der Waals surface area contributed by atoms with Gasteiger partial charge in [-0.25, -0.2) is 4.79 Å². The third kappa shape index (κ3) is 2.08. The quantitative estimate of drug-likeness (QED) is 0.863. The molecule has 4 nitrogen and oxygen atoms in total. The Morgan fingerprint density at radius 1 is 1.39 bits per heavy atom. The molecule has 2 saturated heterocycles. The molecule has 1 N–H and O–H groups in total. The van der Waals surface area contributed by atoms with E-state index in [1.54, 1.807) is 4.90 Å². The molecule has 1 aromatic rings. The number of amides is 1. The Hall–Kier alpha value is -1.55. The summed E-state index contributed by atoms with van der Waals surface area (Å²) in [5.74, 6) is 0. The van der Waals surface area contributed by atoms with E-state index in [4.69, 9.17) is 4.74 Å². The van der Waals surface area contributed by atoms with Gasteiger partial charge in [0.15, 0.2) is 0 Å². The van der Waals surface area contributed by atoms with Gasteiger partial charge < -0.3 is 10.1 Å². The van der Waals surface area contributed by atoms with Crippen LogP contribution in [0.15, 0.2) is 24.3 Å². The molecule has 2 aliphatic rings. The Balaban J connectivity index is 1.70. The van der Waals surface area contributed by atoms with Crippen LogP contribution in [0.1, 0.15) is 17.5 Å². The maximum absolute atomic E-state index is 11.9. The molecule has 1 amide bonds. The van der Waals surface area contributed by atoms with Crippen LogP contribution in [0.4, 0.5) is 4.79 Å². The highest BCUT2D eigenvalue weighted by molar-refractivity contribution is 5.71. The summed E-state index contributed by atoms with van der Waals surface area (Å²) in [5, 5.41) is 3.26. The van der Waals surface area contributed by atoms with Gasteiger partial charge in [-0.05, 0) is 19.0 Å². The lowest BCUT2D eigenvalue weighted by molar-refractivity contribution is 0.0727. The number of carbonyl (C=O) groups is 1. The first-order valence-electron chi connectivity index (χ1n) is 6.41. The number of carbonyl (C=O) groups excluding carboxylic acids is 1. The van der Waals surface area contributed by atoms with Gasteiger partial charge in [0, 0.05) is 19.5 Å². The maximum Gasteiger partial charge on any atom is 0.410 e. The van der Waals surface area contributed by atoms with Crippen molar-refractivity contribution in [3.63, 3.8) is 0 Å². The number of aryl methyl sites for hydroxylation is 1. The lowest BCUT2D eigenvalue weighted by Gasteiger charge is -2.19. The Kier molecular flexibility index (Phi) is 2.74. The first-order valence-corrected chi connectivity index (χ1v) is 6.41. The summed E-state index contributed by atoms with van der Waals surface area (Å²) in [6, 6.07) is 8.29. The minimum Gasteiger partial charge on any atom is -0.439 e. The predicted molar refractivity (Wildman–Crippen MR) is 68.3 cm³/mol. The molecule has 1 atom stereocenters. The molecule has 0 saturated carbocycles. The van der Waals surface area contributed by atoms with Crippen molar-refractivity contribution in [1.29, 1.82) is 0 Å². The number of nitrogens with one attached hydrogen (secondary N) is 1. The molecule has 0 radical (unpaired) electrons. The molecule has 2 heterocycles.